The molecule has 3 rings (SSSR count). The Kier molecular flexibility index (Phi) is 6.71. The third-order valence-corrected chi connectivity index (χ3v) is 5.54. The fraction of sp³-hybridized carbons (Fsp3) is 0.0476. The second-order valence-corrected chi connectivity index (χ2v) is 8.09. The number of halogens is 1. The Morgan fingerprint density at radius 3 is 2.23 bits per heavy atom. The molecule has 30 heavy (non-hydrogen) atoms. The first-order valence-corrected chi connectivity index (χ1v) is 10.6. The molecular formula is C21H18ClN3O4S. The highest BCUT2D eigenvalue weighted by atomic mass is 35.5. The summed E-state index contributed by atoms with van der Waals surface area (Å²) in [5, 5.41) is 0.407. The van der Waals surface area contributed by atoms with Crippen LogP contribution in [0.15, 0.2) is 88.2 Å². The summed E-state index contributed by atoms with van der Waals surface area (Å²) in [4.78, 5) is 12.4. The Balaban J connectivity index is 1.89. The van der Waals surface area contributed by atoms with Gasteiger partial charge in [0.15, 0.2) is 5.84 Å². The summed E-state index contributed by atoms with van der Waals surface area (Å²) in [7, 11) is -2.56. The second-order valence-electron chi connectivity index (χ2n) is 6.05. The van der Waals surface area contributed by atoms with Crippen molar-refractivity contribution in [3.8, 4) is 5.75 Å². The molecule has 9 heteroatoms. The predicted octanol–water partition coefficient (Wildman–Crippen LogP) is 3.42. The van der Waals surface area contributed by atoms with E-state index >= 15 is 0 Å². The first-order chi connectivity index (χ1) is 14.4. The number of hydrogen-bond acceptors (Lipinski definition) is 4. The van der Waals surface area contributed by atoms with Crippen LogP contribution in [0.1, 0.15) is 15.9 Å². The van der Waals surface area contributed by atoms with Gasteiger partial charge in [0, 0.05) is 16.1 Å². The summed E-state index contributed by atoms with van der Waals surface area (Å²) in [5.74, 6) is -0.00636. The van der Waals surface area contributed by atoms with Crippen LogP contribution < -0.4 is 15.6 Å². The maximum Gasteiger partial charge on any atom is 0.284 e. The molecule has 154 valence electrons. The lowest BCUT2D eigenvalue weighted by Gasteiger charge is -2.12. The van der Waals surface area contributed by atoms with Gasteiger partial charge in [-0.05, 0) is 42.5 Å². The first kappa shape index (κ1) is 21.4. The van der Waals surface area contributed by atoms with E-state index in [0.717, 1.165) is 0 Å². The molecule has 3 aromatic rings. The average Bonchev–Trinajstić information content (AvgIpc) is 2.77. The van der Waals surface area contributed by atoms with E-state index in [-0.39, 0.29) is 10.7 Å². The van der Waals surface area contributed by atoms with E-state index in [0.29, 0.717) is 21.9 Å². The van der Waals surface area contributed by atoms with Gasteiger partial charge < -0.3 is 4.74 Å². The summed E-state index contributed by atoms with van der Waals surface area (Å²) in [6.45, 7) is 0. The fourth-order valence-corrected chi connectivity index (χ4v) is 3.58. The van der Waals surface area contributed by atoms with Crippen LogP contribution in [-0.4, -0.2) is 27.3 Å². The van der Waals surface area contributed by atoms with E-state index in [1.165, 1.54) is 31.4 Å². The normalized spacial score (nSPS) is 11.6. The average molecular weight is 444 g/mol. The molecule has 0 saturated carbocycles. The van der Waals surface area contributed by atoms with Gasteiger partial charge in [-0.25, -0.2) is 0 Å². The summed E-state index contributed by atoms with van der Waals surface area (Å²) >= 11 is 5.83. The van der Waals surface area contributed by atoms with Gasteiger partial charge in [0.1, 0.15) is 5.75 Å². The van der Waals surface area contributed by atoms with Gasteiger partial charge in [0.25, 0.3) is 15.9 Å². The number of hydrogen-bond donors (Lipinski definition) is 2. The van der Waals surface area contributed by atoms with Crippen LogP contribution >= 0.6 is 11.6 Å². The monoisotopic (exact) mass is 443 g/mol. The number of amides is 1. The van der Waals surface area contributed by atoms with Crippen molar-refractivity contribution in [3.63, 3.8) is 0 Å². The van der Waals surface area contributed by atoms with Crippen molar-refractivity contribution < 1.29 is 17.9 Å². The highest BCUT2D eigenvalue weighted by Gasteiger charge is 2.16. The van der Waals surface area contributed by atoms with E-state index in [1.54, 1.807) is 54.6 Å². The Labute approximate surface area is 179 Å². The largest absolute Gasteiger partial charge is 0.497 e. The highest BCUT2D eigenvalue weighted by molar-refractivity contribution is 7.90. The number of ether oxygens (including phenoxy) is 1. The van der Waals surface area contributed by atoms with E-state index < -0.39 is 15.9 Å². The molecule has 0 aliphatic rings. The second kappa shape index (κ2) is 9.43. The van der Waals surface area contributed by atoms with Crippen LogP contribution in [0.5, 0.6) is 5.75 Å². The number of benzene rings is 3. The Morgan fingerprint density at radius 1 is 0.900 bits per heavy atom. The lowest BCUT2D eigenvalue weighted by atomic mass is 10.2. The van der Waals surface area contributed by atoms with Gasteiger partial charge in [0.2, 0.25) is 0 Å². The van der Waals surface area contributed by atoms with Gasteiger partial charge in [-0.3, -0.25) is 15.6 Å². The predicted molar refractivity (Wildman–Crippen MR) is 115 cm³/mol. The Morgan fingerprint density at radius 2 is 1.57 bits per heavy atom. The van der Waals surface area contributed by atoms with Crippen LogP contribution in [-0.2, 0) is 10.0 Å². The SMILES string of the molecule is COc1cccc(C(=O)NNC(=NS(=O)(=O)c2ccc(Cl)cc2)c2ccccc2)c1. The number of nitrogens with one attached hydrogen (secondary N) is 2. The van der Waals surface area contributed by atoms with Gasteiger partial charge in [-0.15, -0.1) is 4.40 Å². The molecule has 0 saturated heterocycles. The standard InChI is InChI=1S/C21H18ClN3O4S/c1-29-18-9-5-8-16(14-18)21(26)24-23-20(15-6-3-2-4-7-15)25-30(27,28)19-12-10-17(22)11-13-19/h2-14H,1H3,(H,23,25)(H,24,26). The number of rotatable bonds is 5. The first-order valence-electron chi connectivity index (χ1n) is 8.75. The molecule has 1 amide bonds. The van der Waals surface area contributed by atoms with Gasteiger partial charge >= 0.3 is 0 Å². The number of methoxy groups -OCH3 is 1. The Bertz CT molecular complexity index is 1160. The van der Waals surface area contributed by atoms with Gasteiger partial charge in [0.05, 0.1) is 12.0 Å². The number of carbonyl (C=O) groups excluding carboxylic acids is 1. The van der Waals surface area contributed by atoms with E-state index in [9.17, 15) is 13.2 Å². The molecule has 0 aromatic heterocycles. The molecule has 0 bridgehead atoms. The number of amidine groups is 1. The molecule has 0 radical (unpaired) electrons. The van der Waals surface area contributed by atoms with Crippen LogP contribution in [0.2, 0.25) is 5.02 Å². The molecule has 0 aliphatic carbocycles. The third-order valence-electron chi connectivity index (χ3n) is 4.00. The molecule has 7 nitrogen and oxygen atoms in total. The molecule has 0 unspecified atom stereocenters. The number of carbonyl (C=O) groups is 1. The Hall–Kier alpha value is -3.36. The van der Waals surface area contributed by atoms with Crippen molar-refractivity contribution in [3.05, 3.63) is 95.0 Å². The van der Waals surface area contributed by atoms with Crippen molar-refractivity contribution in [2.24, 2.45) is 4.40 Å². The zero-order valence-corrected chi connectivity index (χ0v) is 17.4. The fourth-order valence-electron chi connectivity index (χ4n) is 2.48. The van der Waals surface area contributed by atoms with Crippen LogP contribution in [0, 0.1) is 0 Å². The van der Waals surface area contributed by atoms with Crippen molar-refractivity contribution in [1.29, 1.82) is 0 Å². The summed E-state index contributed by atoms with van der Waals surface area (Å²) in [6.07, 6.45) is 0. The van der Waals surface area contributed by atoms with Crippen molar-refractivity contribution in [1.82, 2.24) is 10.9 Å². The quantitative estimate of drug-likeness (QED) is 0.358. The van der Waals surface area contributed by atoms with Crippen molar-refractivity contribution >= 4 is 33.4 Å². The van der Waals surface area contributed by atoms with Crippen LogP contribution in [0.25, 0.3) is 0 Å². The molecule has 0 atom stereocenters. The minimum atomic E-state index is -4.05. The molecule has 0 spiro atoms. The lowest BCUT2D eigenvalue weighted by molar-refractivity contribution is 0.0943. The smallest absolute Gasteiger partial charge is 0.284 e. The van der Waals surface area contributed by atoms with E-state index in [1.807, 2.05) is 0 Å². The highest BCUT2D eigenvalue weighted by Crippen LogP contribution is 2.17. The molecule has 2 N–H and O–H groups in total. The number of sulfonamides is 1. The van der Waals surface area contributed by atoms with Gasteiger partial charge in [-0.1, -0.05) is 48.0 Å². The maximum absolute atomic E-state index is 12.7. The molecular weight excluding hydrogens is 426 g/mol. The van der Waals surface area contributed by atoms with E-state index in [4.69, 9.17) is 16.3 Å². The maximum atomic E-state index is 12.7. The van der Waals surface area contributed by atoms with Crippen LogP contribution in [0.3, 0.4) is 0 Å². The number of nitrogens with zero attached hydrogens (tertiary/aromatic N) is 1. The zero-order chi connectivity index (χ0) is 21.6. The third kappa shape index (κ3) is 5.37. The molecule has 0 fully saturated rings. The summed E-state index contributed by atoms with van der Waals surface area (Å²) in [5.41, 5.74) is 5.89. The topological polar surface area (TPSA) is 96.9 Å². The summed E-state index contributed by atoms with van der Waals surface area (Å²) < 4.78 is 34.4. The molecule has 0 aliphatic heterocycles. The minimum Gasteiger partial charge on any atom is -0.497 e. The zero-order valence-electron chi connectivity index (χ0n) is 15.9. The lowest BCUT2D eigenvalue weighted by Crippen LogP contribution is -2.42. The molecule has 3 aromatic carbocycles. The minimum absolute atomic E-state index is 0.0266. The molecule has 0 heterocycles. The van der Waals surface area contributed by atoms with Crippen LogP contribution in [0.4, 0.5) is 0 Å². The van der Waals surface area contributed by atoms with E-state index in [2.05, 4.69) is 15.2 Å². The van der Waals surface area contributed by atoms with Crippen molar-refractivity contribution in [2.45, 2.75) is 4.90 Å². The van der Waals surface area contributed by atoms with Crippen molar-refractivity contribution in [2.75, 3.05) is 7.11 Å². The van der Waals surface area contributed by atoms with Gasteiger partial charge in [-0.2, -0.15) is 8.42 Å². The summed E-state index contributed by atoms with van der Waals surface area (Å²) in [6, 6.07) is 20.8. The number of hydrazine groups is 1.